The smallest absolute Gasteiger partial charge is 0.300 e. The summed E-state index contributed by atoms with van der Waals surface area (Å²) in [6.07, 6.45) is 0. The zero-order valence-corrected chi connectivity index (χ0v) is 21.0. The van der Waals surface area contributed by atoms with Crippen molar-refractivity contribution in [1.29, 1.82) is 0 Å². The minimum absolute atomic E-state index is 0.000769. The maximum Gasteiger partial charge on any atom is 0.300 e. The normalized spacial score (nSPS) is 16.9. The van der Waals surface area contributed by atoms with Crippen LogP contribution in [0.3, 0.4) is 0 Å². The van der Waals surface area contributed by atoms with E-state index in [0.717, 1.165) is 22.7 Å². The Kier molecular flexibility index (Phi) is 7.29. The number of nitrogens with zero attached hydrogens (tertiary/aromatic N) is 2. The van der Waals surface area contributed by atoms with E-state index >= 15 is 0 Å². The molecule has 1 N–H and O–H groups in total. The highest BCUT2D eigenvalue weighted by Gasteiger charge is 2.47. The van der Waals surface area contributed by atoms with E-state index in [0.29, 0.717) is 29.4 Å². The summed E-state index contributed by atoms with van der Waals surface area (Å²) in [4.78, 5) is 29.4. The Hall–Kier alpha value is -4.20. The largest absolute Gasteiger partial charge is 0.507 e. The third-order valence-corrected chi connectivity index (χ3v) is 6.06. The molecule has 3 aromatic carbocycles. The van der Waals surface area contributed by atoms with Crippen molar-refractivity contribution in [1.82, 2.24) is 0 Å². The standard InChI is InChI=1S/C29H28F2N2O4/c1-17(2)16-37-22-12-7-19(8-13-22)27(34)25-26(18-5-9-20(10-6-18)32(3)4)33(29(36)28(25)35)21-11-14-23(30)24(31)15-21/h5-15,17,26,34H,16H2,1-4H3/b27-25+. The maximum absolute atomic E-state index is 14.1. The fraction of sp³-hybridized carbons (Fsp3) is 0.241. The molecule has 1 saturated heterocycles. The fourth-order valence-corrected chi connectivity index (χ4v) is 4.13. The van der Waals surface area contributed by atoms with Crippen LogP contribution in [0.5, 0.6) is 5.75 Å². The Morgan fingerprint density at radius 3 is 2.19 bits per heavy atom. The molecule has 0 spiro atoms. The number of hydrogen-bond donors (Lipinski definition) is 1. The molecule has 1 amide bonds. The van der Waals surface area contributed by atoms with Crippen LogP contribution >= 0.6 is 0 Å². The Bertz CT molecular complexity index is 1350. The summed E-state index contributed by atoms with van der Waals surface area (Å²) in [5.41, 5.74) is 1.57. The quantitative estimate of drug-likeness (QED) is 0.253. The van der Waals surface area contributed by atoms with Crippen LogP contribution in [0.25, 0.3) is 5.76 Å². The van der Waals surface area contributed by atoms with Gasteiger partial charge in [-0.3, -0.25) is 14.5 Å². The lowest BCUT2D eigenvalue weighted by molar-refractivity contribution is -0.132. The molecule has 6 nitrogen and oxygen atoms in total. The Balaban J connectivity index is 1.83. The second kappa shape index (κ2) is 10.4. The van der Waals surface area contributed by atoms with E-state index in [1.165, 1.54) is 6.07 Å². The van der Waals surface area contributed by atoms with Crippen LogP contribution in [0, 0.1) is 17.6 Å². The van der Waals surface area contributed by atoms with E-state index in [-0.39, 0.29) is 17.0 Å². The molecular weight excluding hydrogens is 478 g/mol. The molecule has 37 heavy (non-hydrogen) atoms. The second-order valence-corrected chi connectivity index (χ2v) is 9.48. The summed E-state index contributed by atoms with van der Waals surface area (Å²) < 4.78 is 33.5. The summed E-state index contributed by atoms with van der Waals surface area (Å²) in [5, 5.41) is 11.3. The number of aliphatic hydroxyl groups is 1. The predicted molar refractivity (Wildman–Crippen MR) is 139 cm³/mol. The van der Waals surface area contributed by atoms with Gasteiger partial charge in [-0.25, -0.2) is 8.78 Å². The highest BCUT2D eigenvalue weighted by atomic mass is 19.2. The number of ether oxygens (including phenoxy) is 1. The van der Waals surface area contributed by atoms with Crippen molar-refractivity contribution >= 4 is 28.8 Å². The first-order valence-electron chi connectivity index (χ1n) is 11.8. The van der Waals surface area contributed by atoms with Gasteiger partial charge in [-0.2, -0.15) is 0 Å². The Labute approximate surface area is 214 Å². The summed E-state index contributed by atoms with van der Waals surface area (Å²) in [7, 11) is 3.74. The van der Waals surface area contributed by atoms with Gasteiger partial charge < -0.3 is 14.7 Å². The molecule has 1 heterocycles. The number of rotatable bonds is 7. The van der Waals surface area contributed by atoms with Gasteiger partial charge in [-0.1, -0.05) is 26.0 Å². The van der Waals surface area contributed by atoms with Crippen LogP contribution in [0.4, 0.5) is 20.2 Å². The van der Waals surface area contributed by atoms with E-state index in [4.69, 9.17) is 4.74 Å². The minimum atomic E-state index is -1.15. The lowest BCUT2D eigenvalue weighted by Gasteiger charge is -2.26. The predicted octanol–water partition coefficient (Wildman–Crippen LogP) is 5.69. The zero-order chi connectivity index (χ0) is 26.9. The third kappa shape index (κ3) is 5.18. The molecule has 0 radical (unpaired) electrons. The maximum atomic E-state index is 14.1. The monoisotopic (exact) mass is 506 g/mol. The number of ketones is 1. The van der Waals surface area contributed by atoms with Crippen LogP contribution in [0.1, 0.15) is 31.0 Å². The van der Waals surface area contributed by atoms with Crippen molar-refractivity contribution in [2.75, 3.05) is 30.5 Å². The summed E-state index contributed by atoms with van der Waals surface area (Å²) in [6.45, 7) is 4.57. The molecule has 0 saturated carbocycles. The van der Waals surface area contributed by atoms with Crippen molar-refractivity contribution in [3.63, 3.8) is 0 Å². The lowest BCUT2D eigenvalue weighted by Crippen LogP contribution is -2.29. The molecular formula is C29H28F2N2O4. The number of carbonyl (C=O) groups excluding carboxylic acids is 2. The van der Waals surface area contributed by atoms with Gasteiger partial charge in [0.05, 0.1) is 18.2 Å². The lowest BCUT2D eigenvalue weighted by atomic mass is 9.95. The van der Waals surface area contributed by atoms with Gasteiger partial charge in [0.2, 0.25) is 0 Å². The Morgan fingerprint density at radius 1 is 0.973 bits per heavy atom. The van der Waals surface area contributed by atoms with Crippen molar-refractivity contribution in [3.8, 4) is 5.75 Å². The fourth-order valence-electron chi connectivity index (χ4n) is 4.13. The molecule has 1 fully saturated rings. The zero-order valence-electron chi connectivity index (χ0n) is 21.0. The van der Waals surface area contributed by atoms with Crippen molar-refractivity contribution in [2.45, 2.75) is 19.9 Å². The summed E-state index contributed by atoms with van der Waals surface area (Å²) in [6, 6.07) is 15.5. The highest BCUT2D eigenvalue weighted by Crippen LogP contribution is 2.42. The molecule has 1 unspecified atom stereocenters. The topological polar surface area (TPSA) is 70.1 Å². The van der Waals surface area contributed by atoms with Crippen LogP contribution in [0.15, 0.2) is 72.3 Å². The molecule has 192 valence electrons. The van der Waals surface area contributed by atoms with Crippen molar-refractivity contribution in [2.24, 2.45) is 5.92 Å². The average Bonchev–Trinajstić information content (AvgIpc) is 3.14. The Morgan fingerprint density at radius 2 is 1.62 bits per heavy atom. The molecule has 3 aromatic rings. The average molecular weight is 507 g/mol. The molecule has 4 rings (SSSR count). The number of halogens is 2. The number of hydrogen-bond acceptors (Lipinski definition) is 5. The van der Waals surface area contributed by atoms with E-state index in [9.17, 15) is 23.5 Å². The SMILES string of the molecule is CC(C)COc1ccc(/C(O)=C2\C(=O)C(=O)N(c3ccc(F)c(F)c3)C2c2ccc(N(C)C)cc2)cc1. The summed E-state index contributed by atoms with van der Waals surface area (Å²) >= 11 is 0. The number of carbonyl (C=O) groups is 2. The van der Waals surface area contributed by atoms with Gasteiger partial charge in [0.25, 0.3) is 11.7 Å². The van der Waals surface area contributed by atoms with Gasteiger partial charge in [0.15, 0.2) is 11.6 Å². The molecule has 0 aliphatic carbocycles. The number of anilines is 2. The van der Waals surface area contributed by atoms with Crippen LogP contribution in [0.2, 0.25) is 0 Å². The van der Waals surface area contributed by atoms with E-state index in [1.54, 1.807) is 36.4 Å². The van der Waals surface area contributed by atoms with Gasteiger partial charge >= 0.3 is 0 Å². The van der Waals surface area contributed by atoms with Gasteiger partial charge in [0, 0.05) is 37.1 Å². The van der Waals surface area contributed by atoms with E-state index in [1.807, 2.05) is 45.0 Å². The highest BCUT2D eigenvalue weighted by molar-refractivity contribution is 6.51. The minimum Gasteiger partial charge on any atom is -0.507 e. The number of amides is 1. The van der Waals surface area contributed by atoms with Crippen molar-refractivity contribution in [3.05, 3.63) is 95.1 Å². The van der Waals surface area contributed by atoms with E-state index in [2.05, 4.69) is 0 Å². The first-order chi connectivity index (χ1) is 17.6. The third-order valence-electron chi connectivity index (χ3n) is 6.06. The molecule has 1 aliphatic rings. The number of benzene rings is 3. The van der Waals surface area contributed by atoms with Crippen LogP contribution in [-0.4, -0.2) is 37.5 Å². The molecule has 1 atom stereocenters. The van der Waals surface area contributed by atoms with Crippen LogP contribution < -0.4 is 14.5 Å². The molecule has 0 bridgehead atoms. The first kappa shape index (κ1) is 25.9. The molecule has 1 aliphatic heterocycles. The van der Waals surface area contributed by atoms with Gasteiger partial charge in [-0.15, -0.1) is 0 Å². The van der Waals surface area contributed by atoms with Gasteiger partial charge in [-0.05, 0) is 60.0 Å². The number of aliphatic hydroxyl groups excluding tert-OH is 1. The number of Topliss-reactive ketones (excluding diaryl/α,β-unsaturated/α-hetero) is 1. The summed E-state index contributed by atoms with van der Waals surface area (Å²) in [5.74, 6) is -3.55. The van der Waals surface area contributed by atoms with E-state index < -0.39 is 29.4 Å². The molecule has 8 heteroatoms. The molecule has 0 aromatic heterocycles. The van der Waals surface area contributed by atoms with Crippen LogP contribution in [-0.2, 0) is 9.59 Å². The first-order valence-corrected chi connectivity index (χ1v) is 11.8. The van der Waals surface area contributed by atoms with Gasteiger partial charge in [0.1, 0.15) is 11.5 Å². The second-order valence-electron chi connectivity index (χ2n) is 9.48. The van der Waals surface area contributed by atoms with Crippen molar-refractivity contribution < 1.29 is 28.2 Å².